The lowest BCUT2D eigenvalue weighted by Crippen LogP contribution is -2.30. The molecule has 3 rings (SSSR count). The third kappa shape index (κ3) is 4.15. The zero-order chi connectivity index (χ0) is 17.1. The Hall–Kier alpha value is -1.86. The van der Waals surface area contributed by atoms with Crippen molar-refractivity contribution >= 4 is 44.8 Å². The Balaban J connectivity index is 1.59. The standard InChI is InChI=1S/C17H17BrN4OS/c1-10-3-5-12(6-4-10)8-20-16(23)11(2)24-17-21-14-7-13(18)9-19-15(14)22-17/h3-7,9,11H,8H2,1-2H3,(H,20,23)(H,19,21,22)/t11-/m0/s1. The van der Waals surface area contributed by atoms with E-state index < -0.39 is 0 Å². The summed E-state index contributed by atoms with van der Waals surface area (Å²) in [4.78, 5) is 24.1. The predicted octanol–water partition coefficient (Wildman–Crippen LogP) is 3.83. The van der Waals surface area contributed by atoms with Crippen LogP contribution in [-0.4, -0.2) is 26.1 Å². The molecule has 2 aromatic heterocycles. The maximum absolute atomic E-state index is 12.3. The highest BCUT2D eigenvalue weighted by molar-refractivity contribution is 9.10. The highest BCUT2D eigenvalue weighted by Gasteiger charge is 2.16. The van der Waals surface area contributed by atoms with Crippen molar-refractivity contribution in [1.29, 1.82) is 0 Å². The Morgan fingerprint density at radius 2 is 2.12 bits per heavy atom. The van der Waals surface area contributed by atoms with Gasteiger partial charge < -0.3 is 10.3 Å². The van der Waals surface area contributed by atoms with E-state index in [1.165, 1.54) is 17.3 Å². The highest BCUT2D eigenvalue weighted by atomic mass is 79.9. The van der Waals surface area contributed by atoms with Crippen LogP contribution in [-0.2, 0) is 11.3 Å². The zero-order valence-corrected chi connectivity index (χ0v) is 15.7. The molecule has 1 atom stereocenters. The van der Waals surface area contributed by atoms with Crippen LogP contribution >= 0.6 is 27.7 Å². The van der Waals surface area contributed by atoms with Gasteiger partial charge in [0.15, 0.2) is 10.8 Å². The molecule has 0 aliphatic heterocycles. The molecule has 0 unspecified atom stereocenters. The molecule has 7 heteroatoms. The average Bonchev–Trinajstić information content (AvgIpc) is 2.95. The maximum atomic E-state index is 12.3. The summed E-state index contributed by atoms with van der Waals surface area (Å²) >= 11 is 4.77. The Labute approximate surface area is 152 Å². The van der Waals surface area contributed by atoms with Crippen LogP contribution in [0.1, 0.15) is 18.1 Å². The number of hydrogen-bond acceptors (Lipinski definition) is 4. The lowest BCUT2D eigenvalue weighted by Gasteiger charge is -2.10. The number of H-pyrrole nitrogens is 1. The van der Waals surface area contributed by atoms with Crippen molar-refractivity contribution in [2.75, 3.05) is 0 Å². The minimum absolute atomic E-state index is 0.0184. The molecular formula is C17H17BrN4OS. The zero-order valence-electron chi connectivity index (χ0n) is 13.3. The molecule has 0 aliphatic rings. The molecule has 0 spiro atoms. The van der Waals surface area contributed by atoms with Crippen LogP contribution in [0, 0.1) is 6.92 Å². The quantitative estimate of drug-likeness (QED) is 0.633. The van der Waals surface area contributed by atoms with E-state index in [-0.39, 0.29) is 11.2 Å². The van der Waals surface area contributed by atoms with Crippen molar-refractivity contribution in [3.8, 4) is 0 Å². The topological polar surface area (TPSA) is 70.7 Å². The van der Waals surface area contributed by atoms with Gasteiger partial charge in [0, 0.05) is 17.2 Å². The van der Waals surface area contributed by atoms with Gasteiger partial charge in [0.2, 0.25) is 5.91 Å². The van der Waals surface area contributed by atoms with E-state index in [1.54, 1.807) is 6.20 Å². The van der Waals surface area contributed by atoms with Gasteiger partial charge in [-0.25, -0.2) is 9.97 Å². The van der Waals surface area contributed by atoms with Gasteiger partial charge in [0.1, 0.15) is 0 Å². The lowest BCUT2D eigenvalue weighted by molar-refractivity contribution is -0.120. The first-order valence-electron chi connectivity index (χ1n) is 7.52. The second-order valence-corrected chi connectivity index (χ2v) is 7.78. The molecule has 124 valence electrons. The molecule has 2 N–H and O–H groups in total. The summed E-state index contributed by atoms with van der Waals surface area (Å²) in [6, 6.07) is 10.0. The van der Waals surface area contributed by atoms with Gasteiger partial charge in [0.05, 0.1) is 10.8 Å². The molecule has 0 aliphatic carbocycles. The Bertz CT molecular complexity index is 863. The monoisotopic (exact) mass is 404 g/mol. The smallest absolute Gasteiger partial charge is 0.233 e. The van der Waals surface area contributed by atoms with Gasteiger partial charge in [-0.1, -0.05) is 41.6 Å². The number of imidazole rings is 1. The van der Waals surface area contributed by atoms with Gasteiger partial charge in [-0.3, -0.25) is 4.79 Å². The third-order valence-electron chi connectivity index (χ3n) is 3.53. The minimum atomic E-state index is -0.251. The fourth-order valence-electron chi connectivity index (χ4n) is 2.17. The van der Waals surface area contributed by atoms with Crippen molar-refractivity contribution < 1.29 is 4.79 Å². The van der Waals surface area contributed by atoms with E-state index in [9.17, 15) is 4.79 Å². The molecule has 24 heavy (non-hydrogen) atoms. The molecule has 0 saturated heterocycles. The molecule has 1 amide bonds. The summed E-state index contributed by atoms with van der Waals surface area (Å²) in [6.45, 7) is 4.44. The number of pyridine rings is 1. The second kappa shape index (κ2) is 7.36. The molecule has 0 saturated carbocycles. The summed E-state index contributed by atoms with van der Waals surface area (Å²) in [6.07, 6.45) is 1.70. The number of fused-ring (bicyclic) bond motifs is 1. The van der Waals surface area contributed by atoms with Gasteiger partial charge in [-0.2, -0.15) is 0 Å². The molecule has 0 fully saturated rings. The van der Waals surface area contributed by atoms with Crippen molar-refractivity contribution in [2.45, 2.75) is 30.8 Å². The third-order valence-corrected chi connectivity index (χ3v) is 4.95. The van der Waals surface area contributed by atoms with Crippen LogP contribution in [0.2, 0.25) is 0 Å². The van der Waals surface area contributed by atoms with Gasteiger partial charge >= 0.3 is 0 Å². The van der Waals surface area contributed by atoms with Gasteiger partial charge in [0.25, 0.3) is 0 Å². The minimum Gasteiger partial charge on any atom is -0.351 e. The number of carbonyl (C=O) groups is 1. The normalized spacial score (nSPS) is 12.3. The van der Waals surface area contributed by atoms with Crippen LogP contribution in [0.4, 0.5) is 0 Å². The summed E-state index contributed by atoms with van der Waals surface area (Å²) in [5.41, 5.74) is 3.79. The maximum Gasteiger partial charge on any atom is 0.233 e. The Morgan fingerprint density at radius 1 is 1.38 bits per heavy atom. The largest absolute Gasteiger partial charge is 0.351 e. The molecule has 2 heterocycles. The Kier molecular flexibility index (Phi) is 5.20. The number of carbonyl (C=O) groups excluding carboxylic acids is 1. The molecule has 3 aromatic rings. The van der Waals surface area contributed by atoms with Crippen LogP contribution in [0.3, 0.4) is 0 Å². The number of rotatable bonds is 5. The van der Waals surface area contributed by atoms with Gasteiger partial charge in [-0.05, 0) is 41.4 Å². The van der Waals surface area contributed by atoms with Crippen molar-refractivity contribution in [2.24, 2.45) is 0 Å². The highest BCUT2D eigenvalue weighted by Crippen LogP contribution is 2.24. The molecule has 5 nitrogen and oxygen atoms in total. The lowest BCUT2D eigenvalue weighted by atomic mass is 10.1. The van der Waals surface area contributed by atoms with E-state index in [0.29, 0.717) is 17.3 Å². The number of nitrogens with one attached hydrogen (secondary N) is 2. The van der Waals surface area contributed by atoms with E-state index >= 15 is 0 Å². The fraction of sp³-hybridized carbons (Fsp3) is 0.235. The van der Waals surface area contributed by atoms with E-state index in [4.69, 9.17) is 0 Å². The van der Waals surface area contributed by atoms with Crippen LogP contribution < -0.4 is 5.32 Å². The molecule has 0 bridgehead atoms. The molecule has 0 radical (unpaired) electrons. The van der Waals surface area contributed by atoms with Crippen molar-refractivity contribution in [3.05, 3.63) is 52.1 Å². The number of aryl methyl sites for hydroxylation is 1. The predicted molar refractivity (Wildman–Crippen MR) is 99.9 cm³/mol. The SMILES string of the molecule is Cc1ccc(CNC(=O)[C@H](C)Sc2nc3ncc(Br)cc3[nH]2)cc1. The first-order chi connectivity index (χ1) is 11.5. The number of aromatic nitrogens is 3. The number of thioether (sulfide) groups is 1. The van der Waals surface area contributed by atoms with Crippen molar-refractivity contribution in [3.63, 3.8) is 0 Å². The molecule has 1 aromatic carbocycles. The van der Waals surface area contributed by atoms with E-state index in [2.05, 4.69) is 36.2 Å². The summed E-state index contributed by atoms with van der Waals surface area (Å²) in [5, 5.41) is 3.39. The van der Waals surface area contributed by atoms with Crippen LogP contribution in [0.25, 0.3) is 11.2 Å². The summed E-state index contributed by atoms with van der Waals surface area (Å²) in [5.74, 6) is -0.0184. The number of nitrogens with zero attached hydrogens (tertiary/aromatic N) is 2. The number of hydrogen-bond donors (Lipinski definition) is 2. The Morgan fingerprint density at radius 3 is 2.88 bits per heavy atom. The first-order valence-corrected chi connectivity index (χ1v) is 9.20. The van der Waals surface area contributed by atoms with Crippen molar-refractivity contribution in [1.82, 2.24) is 20.3 Å². The summed E-state index contributed by atoms with van der Waals surface area (Å²) < 4.78 is 0.888. The number of aromatic amines is 1. The number of benzene rings is 1. The van der Waals surface area contributed by atoms with E-state index in [0.717, 1.165) is 15.6 Å². The van der Waals surface area contributed by atoms with Gasteiger partial charge in [-0.15, -0.1) is 0 Å². The second-order valence-electron chi connectivity index (χ2n) is 5.53. The first kappa shape index (κ1) is 17.0. The fourth-order valence-corrected chi connectivity index (χ4v) is 3.33. The number of amides is 1. The van der Waals surface area contributed by atoms with Crippen LogP contribution in [0.5, 0.6) is 0 Å². The number of halogens is 1. The van der Waals surface area contributed by atoms with E-state index in [1.807, 2.05) is 44.2 Å². The molecular weight excluding hydrogens is 388 g/mol. The summed E-state index contributed by atoms with van der Waals surface area (Å²) in [7, 11) is 0. The average molecular weight is 405 g/mol. The van der Waals surface area contributed by atoms with Crippen LogP contribution in [0.15, 0.2) is 46.2 Å².